The molecule has 0 aromatic rings. The molecule has 0 radical (unpaired) electrons. The van der Waals surface area contributed by atoms with E-state index < -0.39 is 11.9 Å². The Hall–Kier alpha value is -0.200. The zero-order valence-electron chi connectivity index (χ0n) is 18.4. The molecule has 2 heterocycles. The van der Waals surface area contributed by atoms with E-state index in [1.807, 2.05) is 6.92 Å². The van der Waals surface area contributed by atoms with Crippen molar-refractivity contribution in [2.75, 3.05) is 13.2 Å². The van der Waals surface area contributed by atoms with Gasteiger partial charge in [-0.05, 0) is 61.7 Å². The minimum Gasteiger partial charge on any atom is -0.390 e. The maximum Gasteiger partial charge on any atom is 0.165 e. The average molecular weight is 397 g/mol. The normalized spacial score (nSPS) is 42.6. The molecule has 0 spiro atoms. The molecular formula is C23H40O5. The smallest absolute Gasteiger partial charge is 0.165 e. The van der Waals surface area contributed by atoms with Gasteiger partial charge in [0.05, 0.1) is 31.5 Å². The highest BCUT2D eigenvalue weighted by atomic mass is 16.7. The van der Waals surface area contributed by atoms with Crippen molar-refractivity contribution in [2.45, 2.75) is 110 Å². The Bertz CT molecular complexity index is 557. The number of aliphatic hydroxyl groups excluding tert-OH is 1. The van der Waals surface area contributed by atoms with E-state index in [1.54, 1.807) is 0 Å². The summed E-state index contributed by atoms with van der Waals surface area (Å²) in [4.78, 5) is 0. The SMILES string of the molecule is CC[C@H](O[C@H]1C[C@@H]2[C@H]3CC[C@@](C)([C@@H]2O1)C3(C)C)[C@H](O)CCCC1(C)OCCO1. The molecule has 0 aromatic heterocycles. The molecule has 7 atom stereocenters. The van der Waals surface area contributed by atoms with Crippen LogP contribution in [0.4, 0.5) is 0 Å². The van der Waals surface area contributed by atoms with Gasteiger partial charge < -0.3 is 24.1 Å². The fourth-order valence-corrected chi connectivity index (χ4v) is 6.74. The summed E-state index contributed by atoms with van der Waals surface area (Å²) < 4.78 is 24.1. The van der Waals surface area contributed by atoms with Crippen molar-refractivity contribution in [3.05, 3.63) is 0 Å². The first-order valence-corrected chi connectivity index (χ1v) is 11.5. The molecule has 4 rings (SSSR count). The molecular weight excluding hydrogens is 356 g/mol. The second-order valence-corrected chi connectivity index (χ2v) is 10.5. The average Bonchev–Trinajstić information content (AvgIpc) is 3.34. The van der Waals surface area contributed by atoms with E-state index >= 15 is 0 Å². The van der Waals surface area contributed by atoms with Crippen LogP contribution in [0.1, 0.15) is 79.6 Å². The number of rotatable bonds is 8. The molecule has 5 nitrogen and oxygen atoms in total. The van der Waals surface area contributed by atoms with Gasteiger partial charge in [0.2, 0.25) is 0 Å². The van der Waals surface area contributed by atoms with E-state index in [9.17, 15) is 5.11 Å². The predicted molar refractivity (Wildman–Crippen MR) is 107 cm³/mol. The monoisotopic (exact) mass is 396 g/mol. The highest BCUT2D eigenvalue weighted by Gasteiger charge is 2.69. The van der Waals surface area contributed by atoms with Gasteiger partial charge in [-0.3, -0.25) is 0 Å². The van der Waals surface area contributed by atoms with Crippen molar-refractivity contribution in [1.29, 1.82) is 0 Å². The van der Waals surface area contributed by atoms with Crippen molar-refractivity contribution in [2.24, 2.45) is 22.7 Å². The van der Waals surface area contributed by atoms with E-state index in [0.717, 1.165) is 31.6 Å². The number of fused-ring (bicyclic) bond motifs is 5. The molecule has 4 fully saturated rings. The molecule has 1 N–H and O–H groups in total. The molecule has 2 bridgehead atoms. The van der Waals surface area contributed by atoms with Gasteiger partial charge in [-0.25, -0.2) is 0 Å². The molecule has 162 valence electrons. The summed E-state index contributed by atoms with van der Waals surface area (Å²) in [7, 11) is 0. The summed E-state index contributed by atoms with van der Waals surface area (Å²) >= 11 is 0. The van der Waals surface area contributed by atoms with Gasteiger partial charge in [-0.2, -0.15) is 0 Å². The number of hydrogen-bond acceptors (Lipinski definition) is 5. The zero-order chi connectivity index (χ0) is 20.2. The van der Waals surface area contributed by atoms with E-state index in [2.05, 4.69) is 27.7 Å². The van der Waals surface area contributed by atoms with Crippen LogP contribution in [0.15, 0.2) is 0 Å². The van der Waals surface area contributed by atoms with Crippen LogP contribution in [-0.2, 0) is 18.9 Å². The first-order chi connectivity index (χ1) is 13.2. The molecule has 2 saturated carbocycles. The maximum absolute atomic E-state index is 10.7. The number of hydrogen-bond donors (Lipinski definition) is 1. The Morgan fingerprint density at radius 2 is 1.86 bits per heavy atom. The van der Waals surface area contributed by atoms with Gasteiger partial charge >= 0.3 is 0 Å². The Kier molecular flexibility index (Phi) is 5.63. The van der Waals surface area contributed by atoms with E-state index in [-0.39, 0.29) is 17.8 Å². The zero-order valence-corrected chi connectivity index (χ0v) is 18.4. The van der Waals surface area contributed by atoms with Crippen molar-refractivity contribution >= 4 is 0 Å². The van der Waals surface area contributed by atoms with Crippen LogP contribution in [0.2, 0.25) is 0 Å². The molecule has 2 aliphatic heterocycles. The van der Waals surface area contributed by atoms with Gasteiger partial charge in [0, 0.05) is 12.8 Å². The van der Waals surface area contributed by atoms with Crippen LogP contribution < -0.4 is 0 Å². The van der Waals surface area contributed by atoms with E-state index in [0.29, 0.717) is 37.1 Å². The second-order valence-electron chi connectivity index (χ2n) is 10.5. The summed E-state index contributed by atoms with van der Waals surface area (Å²) in [5.74, 6) is 0.883. The van der Waals surface area contributed by atoms with Crippen LogP contribution in [0, 0.1) is 22.7 Å². The summed E-state index contributed by atoms with van der Waals surface area (Å²) in [6.07, 6.45) is 6.26. The summed E-state index contributed by atoms with van der Waals surface area (Å²) in [5.41, 5.74) is 0.620. The standard InChI is InChI=1S/C23H40O5/c1-6-18(17(24)8-7-10-23(5)25-12-13-26-23)27-19-14-15-16-9-11-22(4,20(15)28-19)21(16,2)3/h15-20,24H,6-14H2,1-5H3/t15-,16-,17-,18+,19-,20-,22+/m1/s1. The van der Waals surface area contributed by atoms with Crippen molar-refractivity contribution in [1.82, 2.24) is 0 Å². The number of aliphatic hydroxyl groups is 1. The summed E-state index contributed by atoms with van der Waals surface area (Å²) in [5, 5.41) is 10.7. The van der Waals surface area contributed by atoms with Gasteiger partial charge in [0.1, 0.15) is 0 Å². The molecule has 0 aromatic carbocycles. The predicted octanol–water partition coefficient (Wildman–Crippen LogP) is 4.26. The Labute approximate surface area is 170 Å². The molecule has 4 aliphatic rings. The molecule has 28 heavy (non-hydrogen) atoms. The van der Waals surface area contributed by atoms with Gasteiger partial charge in [0.25, 0.3) is 0 Å². The minimum atomic E-state index is -0.476. The lowest BCUT2D eigenvalue weighted by Crippen LogP contribution is -2.39. The first kappa shape index (κ1) is 21.0. The van der Waals surface area contributed by atoms with Crippen LogP contribution in [0.3, 0.4) is 0 Å². The van der Waals surface area contributed by atoms with Crippen LogP contribution in [0.5, 0.6) is 0 Å². The minimum absolute atomic E-state index is 0.162. The maximum atomic E-state index is 10.7. The van der Waals surface area contributed by atoms with Gasteiger partial charge in [0.15, 0.2) is 12.1 Å². The van der Waals surface area contributed by atoms with E-state index in [1.165, 1.54) is 12.8 Å². The quantitative estimate of drug-likeness (QED) is 0.664. The van der Waals surface area contributed by atoms with Crippen LogP contribution in [0.25, 0.3) is 0 Å². The second kappa shape index (κ2) is 7.49. The summed E-state index contributed by atoms with van der Waals surface area (Å²) in [6, 6.07) is 0. The summed E-state index contributed by atoms with van der Waals surface area (Å²) in [6.45, 7) is 12.7. The topological polar surface area (TPSA) is 57.2 Å². The Morgan fingerprint density at radius 3 is 2.50 bits per heavy atom. The first-order valence-electron chi connectivity index (χ1n) is 11.5. The lowest BCUT2D eigenvalue weighted by molar-refractivity contribution is -0.204. The fourth-order valence-electron chi connectivity index (χ4n) is 6.74. The van der Waals surface area contributed by atoms with Gasteiger partial charge in [-0.1, -0.05) is 27.7 Å². The van der Waals surface area contributed by atoms with Crippen molar-refractivity contribution < 1.29 is 24.1 Å². The van der Waals surface area contributed by atoms with E-state index in [4.69, 9.17) is 18.9 Å². The third-order valence-corrected chi connectivity index (χ3v) is 8.86. The van der Waals surface area contributed by atoms with Crippen LogP contribution >= 0.6 is 0 Å². The molecule has 0 amide bonds. The molecule has 2 aliphatic carbocycles. The largest absolute Gasteiger partial charge is 0.390 e. The molecule has 5 heteroatoms. The van der Waals surface area contributed by atoms with Gasteiger partial charge in [-0.15, -0.1) is 0 Å². The molecule has 2 saturated heterocycles. The van der Waals surface area contributed by atoms with Crippen molar-refractivity contribution in [3.8, 4) is 0 Å². The Balaban J connectivity index is 1.28. The Morgan fingerprint density at radius 1 is 1.14 bits per heavy atom. The van der Waals surface area contributed by atoms with Crippen LogP contribution in [-0.4, -0.2) is 48.7 Å². The lowest BCUT2D eigenvalue weighted by atomic mass is 9.70. The highest BCUT2D eigenvalue weighted by Crippen LogP contribution is 2.71. The molecule has 0 unspecified atom stereocenters. The third kappa shape index (κ3) is 3.35. The highest BCUT2D eigenvalue weighted by molar-refractivity contribution is 5.16. The van der Waals surface area contributed by atoms with Crippen molar-refractivity contribution in [3.63, 3.8) is 0 Å². The third-order valence-electron chi connectivity index (χ3n) is 8.86. The number of ether oxygens (including phenoxy) is 4. The lowest BCUT2D eigenvalue weighted by Gasteiger charge is -2.39. The fraction of sp³-hybridized carbons (Fsp3) is 1.00.